The molecule has 2 unspecified atom stereocenters. The number of carbonyl (C=O) groups is 2. The molecule has 6 nitrogen and oxygen atoms in total. The molecular formula is C13H23N3O3S. The molecule has 2 fully saturated rings. The average molecular weight is 301 g/mol. The normalized spacial score (nSPS) is 27.4. The summed E-state index contributed by atoms with van der Waals surface area (Å²) in [4.78, 5) is 26.4. The van der Waals surface area contributed by atoms with Crippen molar-refractivity contribution >= 4 is 23.6 Å². The lowest BCUT2D eigenvalue weighted by Gasteiger charge is -2.37. The minimum absolute atomic E-state index is 0.0180. The van der Waals surface area contributed by atoms with Crippen LogP contribution in [0.5, 0.6) is 0 Å². The van der Waals surface area contributed by atoms with Crippen LogP contribution in [-0.2, 0) is 14.3 Å². The predicted octanol–water partition coefficient (Wildman–Crippen LogP) is -0.557. The summed E-state index contributed by atoms with van der Waals surface area (Å²) in [5.41, 5.74) is 0. The van der Waals surface area contributed by atoms with Crippen molar-refractivity contribution in [1.82, 2.24) is 15.5 Å². The highest BCUT2D eigenvalue weighted by Gasteiger charge is 2.36. The lowest BCUT2D eigenvalue weighted by molar-refractivity contribution is -0.149. The summed E-state index contributed by atoms with van der Waals surface area (Å²) in [5, 5.41) is 6.09. The van der Waals surface area contributed by atoms with Gasteiger partial charge in [0.1, 0.15) is 6.04 Å². The molecule has 2 atom stereocenters. The Balaban J connectivity index is 2.01. The highest BCUT2D eigenvalue weighted by molar-refractivity contribution is 7.99. The van der Waals surface area contributed by atoms with Gasteiger partial charge in [0.15, 0.2) is 0 Å². The van der Waals surface area contributed by atoms with E-state index in [0.29, 0.717) is 13.2 Å². The fourth-order valence-corrected chi connectivity index (χ4v) is 3.31. The van der Waals surface area contributed by atoms with Crippen molar-refractivity contribution in [3.05, 3.63) is 0 Å². The van der Waals surface area contributed by atoms with Crippen LogP contribution < -0.4 is 10.6 Å². The van der Waals surface area contributed by atoms with E-state index in [2.05, 4.69) is 10.6 Å². The fourth-order valence-electron chi connectivity index (χ4n) is 2.39. The second kappa shape index (κ2) is 7.28. The minimum Gasteiger partial charge on any atom is -0.377 e. The van der Waals surface area contributed by atoms with Crippen LogP contribution in [0.3, 0.4) is 0 Å². The highest BCUT2D eigenvalue weighted by atomic mass is 32.2. The van der Waals surface area contributed by atoms with Crippen LogP contribution in [0.4, 0.5) is 0 Å². The first kappa shape index (κ1) is 15.6. The third-order valence-electron chi connectivity index (χ3n) is 3.36. The van der Waals surface area contributed by atoms with Crippen LogP contribution in [0.15, 0.2) is 0 Å². The molecule has 0 aromatic heterocycles. The number of nitrogens with zero attached hydrogens (tertiary/aromatic N) is 1. The molecule has 2 rings (SSSR count). The monoisotopic (exact) mass is 301 g/mol. The van der Waals surface area contributed by atoms with Crippen molar-refractivity contribution in [2.24, 2.45) is 0 Å². The average Bonchev–Trinajstić information content (AvgIpc) is 2.46. The van der Waals surface area contributed by atoms with Crippen LogP contribution in [0.2, 0.25) is 0 Å². The highest BCUT2D eigenvalue weighted by Crippen LogP contribution is 2.14. The zero-order chi connectivity index (χ0) is 14.5. The van der Waals surface area contributed by atoms with Crippen LogP contribution in [0.1, 0.15) is 13.8 Å². The largest absolute Gasteiger partial charge is 0.377 e. The minimum atomic E-state index is -0.507. The zero-order valence-corrected chi connectivity index (χ0v) is 12.9. The van der Waals surface area contributed by atoms with Crippen molar-refractivity contribution in [1.29, 1.82) is 0 Å². The second-order valence-electron chi connectivity index (χ2n) is 5.37. The Labute approximate surface area is 124 Å². The Morgan fingerprint density at radius 1 is 1.45 bits per heavy atom. The number of ether oxygens (including phenoxy) is 1. The molecule has 2 heterocycles. The van der Waals surface area contributed by atoms with Gasteiger partial charge in [0, 0.05) is 30.6 Å². The van der Waals surface area contributed by atoms with Crippen molar-refractivity contribution in [3.8, 4) is 0 Å². The van der Waals surface area contributed by atoms with Crippen molar-refractivity contribution in [3.63, 3.8) is 0 Å². The van der Waals surface area contributed by atoms with Gasteiger partial charge in [-0.2, -0.15) is 11.8 Å². The topological polar surface area (TPSA) is 70.7 Å². The number of carbonyl (C=O) groups excluding carboxylic acids is 2. The number of thioether (sulfide) groups is 1. The summed E-state index contributed by atoms with van der Waals surface area (Å²) in [6, 6.07) is -0.627. The lowest BCUT2D eigenvalue weighted by atomic mass is 10.1. The molecular weight excluding hydrogens is 278 g/mol. The van der Waals surface area contributed by atoms with E-state index >= 15 is 0 Å². The first-order chi connectivity index (χ1) is 9.59. The van der Waals surface area contributed by atoms with Gasteiger partial charge >= 0.3 is 0 Å². The quantitative estimate of drug-likeness (QED) is 0.731. The Morgan fingerprint density at radius 3 is 2.90 bits per heavy atom. The van der Waals surface area contributed by atoms with Crippen molar-refractivity contribution < 1.29 is 14.3 Å². The first-order valence-corrected chi connectivity index (χ1v) is 8.25. The number of amides is 2. The maximum atomic E-state index is 12.6. The number of morpholine rings is 1. The van der Waals surface area contributed by atoms with Gasteiger partial charge in [-0.1, -0.05) is 0 Å². The summed E-state index contributed by atoms with van der Waals surface area (Å²) in [5.74, 6) is 1.69. The van der Waals surface area contributed by atoms with E-state index in [1.54, 1.807) is 16.7 Å². The standard InChI is InChI=1S/C13H23N3O3S/c1-9(2)15-12(17)11-7-19-5-4-16(11)13(18)10-8-20-6-3-14-10/h9-11,14H,3-8H2,1-2H3,(H,15,17). The molecule has 2 aliphatic heterocycles. The molecule has 2 saturated heterocycles. The van der Waals surface area contributed by atoms with Gasteiger partial charge in [0.05, 0.1) is 19.3 Å². The fraction of sp³-hybridized carbons (Fsp3) is 0.846. The Kier molecular flexibility index (Phi) is 5.68. The molecule has 0 aromatic carbocycles. The molecule has 0 bridgehead atoms. The lowest BCUT2D eigenvalue weighted by Crippen LogP contribution is -2.61. The van der Waals surface area contributed by atoms with Gasteiger partial charge < -0.3 is 20.3 Å². The van der Waals surface area contributed by atoms with E-state index < -0.39 is 6.04 Å². The first-order valence-electron chi connectivity index (χ1n) is 7.09. The summed E-state index contributed by atoms with van der Waals surface area (Å²) in [7, 11) is 0. The van der Waals surface area contributed by atoms with Crippen molar-refractivity contribution in [2.75, 3.05) is 37.8 Å². The van der Waals surface area contributed by atoms with Crippen LogP contribution >= 0.6 is 11.8 Å². The molecule has 114 valence electrons. The third-order valence-corrected chi connectivity index (χ3v) is 4.43. The molecule has 0 spiro atoms. The van der Waals surface area contributed by atoms with Crippen molar-refractivity contribution in [2.45, 2.75) is 32.0 Å². The number of rotatable bonds is 3. The zero-order valence-electron chi connectivity index (χ0n) is 12.1. The predicted molar refractivity (Wildman–Crippen MR) is 78.7 cm³/mol. The van der Waals surface area contributed by atoms with Gasteiger partial charge in [-0.3, -0.25) is 9.59 Å². The smallest absolute Gasteiger partial charge is 0.245 e. The second-order valence-corrected chi connectivity index (χ2v) is 6.52. The molecule has 20 heavy (non-hydrogen) atoms. The summed E-state index contributed by atoms with van der Waals surface area (Å²) in [6.45, 7) is 5.92. The summed E-state index contributed by atoms with van der Waals surface area (Å²) < 4.78 is 5.37. The maximum Gasteiger partial charge on any atom is 0.245 e. The van der Waals surface area contributed by atoms with Gasteiger partial charge in [-0.05, 0) is 13.8 Å². The molecule has 0 saturated carbocycles. The number of hydrogen-bond donors (Lipinski definition) is 2. The van der Waals surface area contributed by atoms with Crippen LogP contribution in [0, 0.1) is 0 Å². The molecule has 2 amide bonds. The van der Waals surface area contributed by atoms with E-state index in [9.17, 15) is 9.59 Å². The van der Waals surface area contributed by atoms with Crippen LogP contribution in [-0.4, -0.2) is 72.6 Å². The third kappa shape index (κ3) is 3.86. The van der Waals surface area contributed by atoms with Gasteiger partial charge in [-0.25, -0.2) is 0 Å². The molecule has 2 aliphatic rings. The van der Waals surface area contributed by atoms with E-state index in [-0.39, 0.29) is 30.5 Å². The summed E-state index contributed by atoms with van der Waals surface area (Å²) in [6.07, 6.45) is 0. The van der Waals surface area contributed by atoms with Crippen LogP contribution in [0.25, 0.3) is 0 Å². The van der Waals surface area contributed by atoms with E-state index in [0.717, 1.165) is 18.1 Å². The van der Waals surface area contributed by atoms with Gasteiger partial charge in [0.25, 0.3) is 0 Å². The molecule has 7 heteroatoms. The van der Waals surface area contributed by atoms with Gasteiger partial charge in [-0.15, -0.1) is 0 Å². The SMILES string of the molecule is CC(C)NC(=O)C1COCCN1C(=O)C1CSCCN1. The van der Waals surface area contributed by atoms with E-state index in [1.165, 1.54) is 0 Å². The number of nitrogens with one attached hydrogen (secondary N) is 2. The van der Waals surface area contributed by atoms with Gasteiger partial charge in [0.2, 0.25) is 11.8 Å². The van der Waals surface area contributed by atoms with E-state index in [4.69, 9.17) is 4.74 Å². The maximum absolute atomic E-state index is 12.6. The van der Waals surface area contributed by atoms with E-state index in [1.807, 2.05) is 13.8 Å². The molecule has 0 aliphatic carbocycles. The molecule has 0 radical (unpaired) electrons. The summed E-state index contributed by atoms with van der Waals surface area (Å²) >= 11 is 1.77. The Bertz CT molecular complexity index is 359. The molecule has 2 N–H and O–H groups in total. The molecule has 0 aromatic rings. The Hall–Kier alpha value is -0.790. The Morgan fingerprint density at radius 2 is 2.25 bits per heavy atom. The number of hydrogen-bond acceptors (Lipinski definition) is 5.